The van der Waals surface area contributed by atoms with E-state index in [2.05, 4.69) is 15.3 Å². The number of fused-ring (bicyclic) bond motifs is 1. The van der Waals surface area contributed by atoms with Crippen molar-refractivity contribution in [3.8, 4) is 11.6 Å². The van der Waals surface area contributed by atoms with Crippen LogP contribution >= 0.6 is 11.6 Å². The molecule has 0 atom stereocenters. The SMILES string of the molecule is COc1cc(Cl)c(C)cc1NC(=O)c1nc2cc(C)c(C)cc2nc1OC(C)C. The zero-order chi connectivity index (χ0) is 21.3. The molecule has 0 bridgehead atoms. The Morgan fingerprint density at radius 2 is 1.62 bits per heavy atom. The second kappa shape index (κ2) is 8.25. The van der Waals surface area contributed by atoms with E-state index in [1.165, 1.54) is 7.11 Å². The van der Waals surface area contributed by atoms with E-state index >= 15 is 0 Å². The number of hydrogen-bond acceptors (Lipinski definition) is 5. The third-order valence-corrected chi connectivity index (χ3v) is 4.95. The normalized spacial score (nSPS) is 11.0. The second-order valence-corrected chi connectivity index (χ2v) is 7.63. The van der Waals surface area contributed by atoms with Gasteiger partial charge in [0, 0.05) is 11.1 Å². The Bertz CT molecular complexity index is 1100. The highest BCUT2D eigenvalue weighted by molar-refractivity contribution is 6.31. The second-order valence-electron chi connectivity index (χ2n) is 7.22. The summed E-state index contributed by atoms with van der Waals surface area (Å²) in [6.07, 6.45) is -0.160. The quantitative estimate of drug-likeness (QED) is 0.617. The Hall–Kier alpha value is -2.86. The molecule has 0 saturated heterocycles. The van der Waals surface area contributed by atoms with Crippen molar-refractivity contribution in [2.45, 2.75) is 40.7 Å². The average Bonchev–Trinajstić information content (AvgIpc) is 2.64. The summed E-state index contributed by atoms with van der Waals surface area (Å²) in [5.74, 6) is 0.215. The number of nitrogens with one attached hydrogen (secondary N) is 1. The van der Waals surface area contributed by atoms with Gasteiger partial charge in [-0.05, 0) is 69.5 Å². The first-order valence-electron chi connectivity index (χ1n) is 9.30. The summed E-state index contributed by atoms with van der Waals surface area (Å²) in [6.45, 7) is 9.61. The van der Waals surface area contributed by atoms with Gasteiger partial charge in [-0.25, -0.2) is 9.97 Å². The van der Waals surface area contributed by atoms with Crippen LogP contribution in [0, 0.1) is 20.8 Å². The Kier molecular flexibility index (Phi) is 5.94. The molecule has 2 aromatic carbocycles. The molecule has 0 aliphatic carbocycles. The standard InChI is InChI=1S/C22H24ClN3O3/c1-11(2)29-22-20(24-16-7-12(3)13(4)8-17(16)26-22)21(27)25-18-9-14(5)15(23)10-19(18)28-6/h7-11H,1-6H3,(H,25,27). The number of nitrogens with zero attached hydrogens (tertiary/aromatic N) is 2. The van der Waals surface area contributed by atoms with Crippen molar-refractivity contribution in [2.75, 3.05) is 12.4 Å². The summed E-state index contributed by atoms with van der Waals surface area (Å²) in [5.41, 5.74) is 4.92. The van der Waals surface area contributed by atoms with Crippen molar-refractivity contribution in [3.63, 3.8) is 0 Å². The Balaban J connectivity index is 2.08. The third kappa shape index (κ3) is 4.43. The van der Waals surface area contributed by atoms with Gasteiger partial charge in [-0.1, -0.05) is 11.6 Å². The van der Waals surface area contributed by atoms with Crippen LogP contribution in [0.2, 0.25) is 5.02 Å². The zero-order valence-corrected chi connectivity index (χ0v) is 18.1. The molecule has 0 fully saturated rings. The fourth-order valence-electron chi connectivity index (χ4n) is 2.86. The number of halogens is 1. The molecular weight excluding hydrogens is 390 g/mol. The van der Waals surface area contributed by atoms with Gasteiger partial charge in [0.2, 0.25) is 5.88 Å². The van der Waals surface area contributed by atoms with E-state index in [1.54, 1.807) is 12.1 Å². The monoisotopic (exact) mass is 413 g/mol. The minimum Gasteiger partial charge on any atom is -0.495 e. The van der Waals surface area contributed by atoms with E-state index in [0.717, 1.165) is 16.7 Å². The van der Waals surface area contributed by atoms with Crippen LogP contribution in [0.15, 0.2) is 24.3 Å². The maximum atomic E-state index is 13.1. The van der Waals surface area contributed by atoms with Crippen molar-refractivity contribution in [2.24, 2.45) is 0 Å². The Morgan fingerprint density at radius 3 is 2.21 bits per heavy atom. The zero-order valence-electron chi connectivity index (χ0n) is 17.4. The van der Waals surface area contributed by atoms with Crippen LogP contribution in [0.25, 0.3) is 11.0 Å². The fourth-order valence-corrected chi connectivity index (χ4v) is 3.01. The molecular formula is C22H24ClN3O3. The molecule has 3 rings (SSSR count). The van der Waals surface area contributed by atoms with E-state index in [1.807, 2.05) is 46.8 Å². The van der Waals surface area contributed by atoms with Gasteiger partial charge in [0.05, 0.1) is 29.9 Å². The molecule has 6 nitrogen and oxygen atoms in total. The number of amides is 1. The van der Waals surface area contributed by atoms with Gasteiger partial charge >= 0.3 is 0 Å². The first kappa shape index (κ1) is 20.9. The number of anilines is 1. The predicted octanol–water partition coefficient (Wildman–Crippen LogP) is 5.26. The topological polar surface area (TPSA) is 73.3 Å². The maximum Gasteiger partial charge on any atom is 0.280 e. The number of hydrogen-bond donors (Lipinski definition) is 1. The number of ether oxygens (including phenoxy) is 2. The lowest BCUT2D eigenvalue weighted by Crippen LogP contribution is -2.19. The van der Waals surface area contributed by atoms with Crippen LogP contribution < -0.4 is 14.8 Å². The number of aryl methyl sites for hydroxylation is 3. The van der Waals surface area contributed by atoms with Crippen molar-refractivity contribution < 1.29 is 14.3 Å². The molecule has 0 aliphatic heterocycles. The molecule has 0 spiro atoms. The molecule has 0 aliphatic rings. The number of carbonyl (C=O) groups excluding carboxylic acids is 1. The van der Waals surface area contributed by atoms with Crippen LogP contribution in [0.3, 0.4) is 0 Å². The lowest BCUT2D eigenvalue weighted by molar-refractivity contribution is 0.101. The van der Waals surface area contributed by atoms with Gasteiger partial charge in [0.25, 0.3) is 5.91 Å². The number of aromatic nitrogens is 2. The lowest BCUT2D eigenvalue weighted by atomic mass is 10.1. The van der Waals surface area contributed by atoms with Gasteiger partial charge in [-0.15, -0.1) is 0 Å². The molecule has 1 aromatic heterocycles. The molecule has 0 unspecified atom stereocenters. The van der Waals surface area contributed by atoms with Crippen LogP contribution in [0.1, 0.15) is 41.0 Å². The van der Waals surface area contributed by atoms with Crippen LogP contribution in [-0.4, -0.2) is 29.1 Å². The first-order chi connectivity index (χ1) is 13.7. The number of benzene rings is 2. The highest BCUT2D eigenvalue weighted by Crippen LogP contribution is 2.32. The van der Waals surface area contributed by atoms with Crippen LogP contribution in [0.5, 0.6) is 11.6 Å². The van der Waals surface area contributed by atoms with Gasteiger partial charge in [0.15, 0.2) is 5.69 Å². The maximum absolute atomic E-state index is 13.1. The summed E-state index contributed by atoms with van der Waals surface area (Å²) in [6, 6.07) is 7.28. The number of rotatable bonds is 5. The number of carbonyl (C=O) groups is 1. The average molecular weight is 414 g/mol. The smallest absolute Gasteiger partial charge is 0.280 e. The van der Waals surface area contributed by atoms with Gasteiger partial charge in [-0.2, -0.15) is 0 Å². The van der Waals surface area contributed by atoms with Crippen LogP contribution in [-0.2, 0) is 0 Å². The molecule has 0 saturated carbocycles. The molecule has 152 valence electrons. The molecule has 1 N–H and O–H groups in total. The van der Waals surface area contributed by atoms with E-state index in [9.17, 15) is 4.79 Å². The highest BCUT2D eigenvalue weighted by atomic mass is 35.5. The minimum absolute atomic E-state index is 0.115. The summed E-state index contributed by atoms with van der Waals surface area (Å²) < 4.78 is 11.1. The fraction of sp³-hybridized carbons (Fsp3) is 0.318. The van der Waals surface area contributed by atoms with E-state index in [4.69, 9.17) is 21.1 Å². The molecule has 1 heterocycles. The Morgan fingerprint density at radius 1 is 1.00 bits per heavy atom. The van der Waals surface area contributed by atoms with Crippen molar-refractivity contribution in [3.05, 3.63) is 51.7 Å². The van der Waals surface area contributed by atoms with Crippen molar-refractivity contribution in [1.82, 2.24) is 9.97 Å². The Labute approximate surface area is 175 Å². The molecule has 29 heavy (non-hydrogen) atoms. The van der Waals surface area contributed by atoms with Gasteiger partial charge in [0.1, 0.15) is 5.75 Å². The van der Waals surface area contributed by atoms with Crippen molar-refractivity contribution >= 4 is 34.2 Å². The first-order valence-corrected chi connectivity index (χ1v) is 9.68. The predicted molar refractivity (Wildman–Crippen MR) is 115 cm³/mol. The summed E-state index contributed by atoms with van der Waals surface area (Å²) >= 11 is 6.16. The largest absolute Gasteiger partial charge is 0.495 e. The van der Waals surface area contributed by atoms with E-state index in [-0.39, 0.29) is 17.7 Å². The molecule has 7 heteroatoms. The third-order valence-electron chi connectivity index (χ3n) is 4.54. The minimum atomic E-state index is -0.437. The summed E-state index contributed by atoms with van der Waals surface area (Å²) in [7, 11) is 1.52. The van der Waals surface area contributed by atoms with Gasteiger partial charge < -0.3 is 14.8 Å². The van der Waals surface area contributed by atoms with E-state index < -0.39 is 5.91 Å². The lowest BCUT2D eigenvalue weighted by Gasteiger charge is -2.15. The van der Waals surface area contributed by atoms with Crippen molar-refractivity contribution in [1.29, 1.82) is 0 Å². The van der Waals surface area contributed by atoms with E-state index in [0.29, 0.717) is 27.5 Å². The summed E-state index contributed by atoms with van der Waals surface area (Å²) in [4.78, 5) is 22.2. The molecule has 3 aromatic rings. The highest BCUT2D eigenvalue weighted by Gasteiger charge is 2.21. The summed E-state index contributed by atoms with van der Waals surface area (Å²) in [5, 5.41) is 3.40. The molecule has 1 amide bonds. The van der Waals surface area contributed by atoms with Crippen LogP contribution in [0.4, 0.5) is 5.69 Å². The number of methoxy groups -OCH3 is 1. The van der Waals surface area contributed by atoms with Gasteiger partial charge in [-0.3, -0.25) is 4.79 Å². The molecule has 0 radical (unpaired) electrons.